The lowest BCUT2D eigenvalue weighted by atomic mass is 9.92. The van der Waals surface area contributed by atoms with Gasteiger partial charge in [-0.25, -0.2) is 0 Å². The minimum atomic E-state index is -0.595. The molecule has 0 bridgehead atoms. The zero-order valence-corrected chi connectivity index (χ0v) is 16.4. The van der Waals surface area contributed by atoms with Gasteiger partial charge in [0.05, 0.1) is 29.5 Å². The first-order valence-electron chi connectivity index (χ1n) is 8.55. The summed E-state index contributed by atoms with van der Waals surface area (Å²) in [6.45, 7) is 9.96. The minimum Gasteiger partial charge on any atom is -0.297 e. The topological polar surface area (TPSA) is 51.0 Å². The lowest BCUT2D eigenvalue weighted by molar-refractivity contribution is -0.114. The van der Waals surface area contributed by atoms with Crippen LogP contribution in [0.3, 0.4) is 0 Å². The molecular weight excluding hydrogens is 360 g/mol. The molecule has 0 atom stereocenters. The third-order valence-corrected chi connectivity index (χ3v) is 4.58. The molecule has 1 amide bonds. The van der Waals surface area contributed by atoms with E-state index in [0.29, 0.717) is 17.2 Å². The van der Waals surface area contributed by atoms with Crippen LogP contribution in [0, 0.1) is 0 Å². The van der Waals surface area contributed by atoms with E-state index < -0.39 is 5.54 Å². The van der Waals surface area contributed by atoms with Gasteiger partial charge < -0.3 is 0 Å². The van der Waals surface area contributed by atoms with Crippen molar-refractivity contribution in [2.75, 3.05) is 4.90 Å². The number of carbonyl (C=O) groups excluding carboxylic acids is 1. The van der Waals surface area contributed by atoms with Crippen LogP contribution in [0.25, 0.3) is 0 Å². The Bertz CT molecular complexity index is 975. The molecule has 27 heavy (non-hydrogen) atoms. The summed E-state index contributed by atoms with van der Waals surface area (Å²) >= 11 is 6.12. The normalized spacial score (nSPS) is 16.7. The van der Waals surface area contributed by atoms with Crippen molar-refractivity contribution >= 4 is 23.2 Å². The maximum absolute atomic E-state index is 13.2. The molecule has 0 fully saturated rings. The summed E-state index contributed by atoms with van der Waals surface area (Å²) < 4.78 is 1.81. The second kappa shape index (κ2) is 7.39. The van der Waals surface area contributed by atoms with E-state index in [1.165, 1.54) is 0 Å². The molecule has 5 nitrogen and oxygen atoms in total. The fourth-order valence-electron chi connectivity index (χ4n) is 3.34. The number of carbonyl (C=O) groups is 1. The number of anilines is 1. The van der Waals surface area contributed by atoms with Gasteiger partial charge in [-0.05, 0) is 56.2 Å². The van der Waals surface area contributed by atoms with E-state index in [0.717, 1.165) is 16.8 Å². The Morgan fingerprint density at radius 3 is 2.81 bits per heavy atom. The molecule has 0 spiro atoms. The van der Waals surface area contributed by atoms with Crippen molar-refractivity contribution in [2.24, 2.45) is 0 Å². The molecule has 1 aliphatic rings. The maximum Gasteiger partial charge on any atom is 0.260 e. The van der Waals surface area contributed by atoms with Gasteiger partial charge in [0.1, 0.15) is 0 Å². The number of aromatic nitrogens is 3. The first kappa shape index (κ1) is 18.9. The molecule has 0 aromatic carbocycles. The van der Waals surface area contributed by atoms with Crippen LogP contribution >= 0.6 is 11.6 Å². The van der Waals surface area contributed by atoms with E-state index >= 15 is 0 Å². The Hall–Kier alpha value is -2.88. The summed E-state index contributed by atoms with van der Waals surface area (Å²) in [6, 6.07) is 3.83. The predicted molar refractivity (Wildman–Crippen MR) is 107 cm³/mol. The summed E-state index contributed by atoms with van der Waals surface area (Å²) in [5.74, 6) is -0.127. The number of nitrogens with zero attached hydrogens (tertiary/aromatic N) is 4. The second-order valence-corrected chi connectivity index (χ2v) is 7.46. The number of hydrogen-bond donors (Lipinski definition) is 0. The summed E-state index contributed by atoms with van der Waals surface area (Å²) in [7, 11) is 0. The molecule has 0 N–H and O–H groups in total. The molecule has 3 rings (SSSR count). The first-order valence-corrected chi connectivity index (χ1v) is 8.92. The number of pyridine rings is 1. The maximum atomic E-state index is 13.2. The smallest absolute Gasteiger partial charge is 0.260 e. The van der Waals surface area contributed by atoms with Crippen molar-refractivity contribution in [3.05, 3.63) is 83.1 Å². The lowest BCUT2D eigenvalue weighted by Crippen LogP contribution is -2.43. The molecule has 1 aliphatic heterocycles. The fourth-order valence-corrected chi connectivity index (χ4v) is 3.45. The van der Waals surface area contributed by atoms with Gasteiger partial charge in [-0.15, -0.1) is 5.73 Å². The van der Waals surface area contributed by atoms with E-state index in [2.05, 4.69) is 22.4 Å². The summed E-state index contributed by atoms with van der Waals surface area (Å²) in [6.07, 6.45) is 10.5. The number of halogens is 1. The highest BCUT2D eigenvalue weighted by Crippen LogP contribution is 2.40. The number of allylic oxidation sites excluding steroid dienone is 1. The third-order valence-electron chi connectivity index (χ3n) is 4.47. The average molecular weight is 381 g/mol. The zero-order valence-electron chi connectivity index (χ0n) is 15.6. The molecule has 2 aromatic rings. The number of hydrogen-bond acceptors (Lipinski definition) is 3. The molecule has 0 saturated heterocycles. The Morgan fingerprint density at radius 2 is 2.19 bits per heavy atom. The van der Waals surface area contributed by atoms with E-state index in [1.54, 1.807) is 36.5 Å². The molecule has 3 heterocycles. The van der Waals surface area contributed by atoms with Gasteiger partial charge in [-0.2, -0.15) is 5.10 Å². The third kappa shape index (κ3) is 3.65. The molecule has 0 radical (unpaired) electrons. The molecule has 6 heteroatoms. The van der Waals surface area contributed by atoms with Crippen molar-refractivity contribution in [1.29, 1.82) is 0 Å². The molecule has 2 aromatic heterocycles. The van der Waals surface area contributed by atoms with Crippen LogP contribution in [0.2, 0.25) is 0 Å². The standard InChI is InChI=1S/C21H21ClN4O/c1-5-7-18-19(10-15(2)22)21(3,4)26(20(18)27)17-11-16(12-23-13-17)14-25-9-6-8-24-25/h6-13H,1,14H2,2-4H3. The summed E-state index contributed by atoms with van der Waals surface area (Å²) in [4.78, 5) is 19.3. The quantitative estimate of drug-likeness (QED) is 0.729. The van der Waals surface area contributed by atoms with Gasteiger partial charge >= 0.3 is 0 Å². The monoisotopic (exact) mass is 380 g/mol. The lowest BCUT2D eigenvalue weighted by Gasteiger charge is -2.33. The SMILES string of the molecule is C=C=CC1=C(C=C(C)Cl)C(C)(C)N(c2cncc(Cn3cccn3)c2)C1=O. The van der Waals surface area contributed by atoms with Crippen LogP contribution < -0.4 is 4.90 Å². The number of rotatable bonds is 5. The zero-order chi connectivity index (χ0) is 19.6. The van der Waals surface area contributed by atoms with E-state index in [9.17, 15) is 4.79 Å². The van der Waals surface area contributed by atoms with E-state index in [-0.39, 0.29) is 5.91 Å². The summed E-state index contributed by atoms with van der Waals surface area (Å²) in [5, 5.41) is 4.83. The van der Waals surface area contributed by atoms with Crippen molar-refractivity contribution in [3.63, 3.8) is 0 Å². The number of amides is 1. The largest absolute Gasteiger partial charge is 0.297 e. The second-order valence-electron chi connectivity index (χ2n) is 6.86. The minimum absolute atomic E-state index is 0.127. The molecule has 0 saturated carbocycles. The van der Waals surface area contributed by atoms with Crippen LogP contribution in [0.15, 0.2) is 77.6 Å². The highest BCUT2D eigenvalue weighted by Gasteiger charge is 2.44. The van der Waals surface area contributed by atoms with Crippen LogP contribution in [0.1, 0.15) is 26.3 Å². The van der Waals surface area contributed by atoms with Gasteiger partial charge in [0.15, 0.2) is 0 Å². The van der Waals surface area contributed by atoms with Gasteiger partial charge in [-0.3, -0.25) is 19.4 Å². The van der Waals surface area contributed by atoms with Gasteiger partial charge in [0.25, 0.3) is 5.91 Å². The van der Waals surface area contributed by atoms with Crippen LogP contribution in [-0.4, -0.2) is 26.2 Å². The van der Waals surface area contributed by atoms with Crippen LogP contribution in [0.4, 0.5) is 5.69 Å². The molecule has 138 valence electrons. The highest BCUT2D eigenvalue weighted by atomic mass is 35.5. The average Bonchev–Trinajstić information content (AvgIpc) is 3.16. The fraction of sp³-hybridized carbons (Fsp3) is 0.238. The Morgan fingerprint density at radius 1 is 1.41 bits per heavy atom. The van der Waals surface area contributed by atoms with Crippen molar-refractivity contribution in [3.8, 4) is 0 Å². The van der Waals surface area contributed by atoms with Crippen molar-refractivity contribution < 1.29 is 4.79 Å². The van der Waals surface area contributed by atoms with Gasteiger partial charge in [-0.1, -0.05) is 18.2 Å². The van der Waals surface area contributed by atoms with Gasteiger partial charge in [0, 0.05) is 23.6 Å². The molecule has 0 aliphatic carbocycles. The highest BCUT2D eigenvalue weighted by molar-refractivity contribution is 6.29. The predicted octanol–water partition coefficient (Wildman–Crippen LogP) is 4.23. The Labute approximate surface area is 164 Å². The first-order chi connectivity index (χ1) is 12.8. The molecule has 0 unspecified atom stereocenters. The van der Waals surface area contributed by atoms with E-state index in [4.69, 9.17) is 11.6 Å². The van der Waals surface area contributed by atoms with Crippen LogP contribution in [-0.2, 0) is 11.3 Å². The summed E-state index contributed by atoms with van der Waals surface area (Å²) in [5.41, 5.74) is 5.16. The Kier molecular flexibility index (Phi) is 5.17. The van der Waals surface area contributed by atoms with Crippen LogP contribution in [0.5, 0.6) is 0 Å². The van der Waals surface area contributed by atoms with E-state index in [1.807, 2.05) is 42.9 Å². The molecular formula is C21H21ClN4O. The van der Waals surface area contributed by atoms with Gasteiger partial charge in [0.2, 0.25) is 0 Å². The Balaban J connectivity index is 2.04. The van der Waals surface area contributed by atoms with Crippen molar-refractivity contribution in [1.82, 2.24) is 14.8 Å². The van der Waals surface area contributed by atoms with Crippen molar-refractivity contribution in [2.45, 2.75) is 32.9 Å².